The van der Waals surface area contributed by atoms with Crippen molar-refractivity contribution in [2.45, 2.75) is 59.9 Å². The van der Waals surface area contributed by atoms with E-state index in [9.17, 15) is 0 Å². The number of hydrogen-bond acceptors (Lipinski definition) is 6. The number of pyridine rings is 2. The normalized spacial score (nSPS) is 14.7. The van der Waals surface area contributed by atoms with Gasteiger partial charge in [0.15, 0.2) is 0 Å². The number of aromatic nitrogens is 2. The number of benzene rings is 6. The van der Waals surface area contributed by atoms with Crippen LogP contribution in [-0.4, -0.2) is 16.0 Å². The summed E-state index contributed by atoms with van der Waals surface area (Å²) in [5.41, 5.74) is 14.0. The van der Waals surface area contributed by atoms with Gasteiger partial charge in [-0.05, 0) is 124 Å². The lowest BCUT2D eigenvalue weighted by molar-refractivity contribution is 0.829. The Balaban J connectivity index is 1.14. The number of fused-ring (bicyclic) bond motifs is 6. The molecule has 6 heteroatoms. The number of thiophene rings is 2. The molecule has 0 fully saturated rings. The fourth-order valence-corrected chi connectivity index (χ4v) is 12.9. The molecule has 1 atom stereocenters. The molecule has 10 aromatic rings. The third kappa shape index (κ3) is 5.99. The van der Waals surface area contributed by atoms with E-state index in [1.165, 1.54) is 90.2 Å². The van der Waals surface area contributed by atoms with E-state index in [0.29, 0.717) is 11.8 Å². The monoisotopic (exact) mass is 864 g/mol. The van der Waals surface area contributed by atoms with E-state index < -0.39 is 0 Å². The third-order valence-corrected chi connectivity index (χ3v) is 15.9. The average molecular weight is 865 g/mol. The maximum atomic E-state index is 5.21. The fraction of sp³-hybridized carbons (Fsp3) is 0.172. The number of aryl methyl sites for hydroxylation is 2. The highest BCUT2D eigenvalue weighted by Gasteiger charge is 2.37. The van der Waals surface area contributed by atoms with Crippen molar-refractivity contribution in [3.8, 4) is 0 Å². The second-order valence-electron chi connectivity index (χ2n) is 18.2. The maximum Gasteiger partial charge on any atom is 0.137 e. The molecule has 0 spiro atoms. The minimum atomic E-state index is -0.0945. The fourth-order valence-electron chi connectivity index (χ4n) is 10.5. The smallest absolute Gasteiger partial charge is 0.137 e. The van der Waals surface area contributed by atoms with Gasteiger partial charge in [-0.3, -0.25) is 4.90 Å². The summed E-state index contributed by atoms with van der Waals surface area (Å²) in [7, 11) is 0. The van der Waals surface area contributed by atoms with Gasteiger partial charge in [0.1, 0.15) is 11.6 Å². The quantitative estimate of drug-likeness (QED) is 0.152. The van der Waals surface area contributed by atoms with Crippen LogP contribution < -0.4 is 9.80 Å². The standard InChI is InChI=1S/C58H48N4S2/c1-33(2)45-29-49(61(53-27-21-35(5)31-59-53)47-17-11-15-41-37-13-7-9-19-51(37)63-57(41)47)43-26-24-40-46(34(3)4)30-50(44-25-23-39(45)55(43)56(40)44)62(54-28-22-36(6)32-60-54)48-18-12-16-42-38-14-8-10-20-52(38)64-58(42)48/h7-23,25-34,49H,24H2,1-6H3. The van der Waals surface area contributed by atoms with Gasteiger partial charge in [0, 0.05) is 48.7 Å². The number of hydrogen-bond donors (Lipinski definition) is 0. The molecule has 4 nitrogen and oxygen atoms in total. The van der Waals surface area contributed by atoms with Crippen molar-refractivity contribution in [1.29, 1.82) is 0 Å². The SMILES string of the molecule is Cc1ccc(N(c2cc(C(C)C)c3c4c5c(ccc24)C(C(C)C)=CC(N(c2ccc(C)cn2)c2cccc4c2sc2ccccc24)C5=CC3)c2cccc3c2sc2ccccc23)nc1. The van der Waals surface area contributed by atoms with E-state index in [1.54, 1.807) is 0 Å². The van der Waals surface area contributed by atoms with Crippen LogP contribution in [0, 0.1) is 19.8 Å². The molecule has 12 rings (SSSR count). The average Bonchev–Trinajstić information content (AvgIpc) is 3.89. The van der Waals surface area contributed by atoms with Gasteiger partial charge in [-0.2, -0.15) is 0 Å². The number of anilines is 5. The Morgan fingerprint density at radius 1 is 0.578 bits per heavy atom. The molecule has 1 unspecified atom stereocenters. The van der Waals surface area contributed by atoms with Gasteiger partial charge >= 0.3 is 0 Å². The Hall–Kier alpha value is -6.60. The molecule has 0 saturated carbocycles. The van der Waals surface area contributed by atoms with E-state index in [4.69, 9.17) is 9.97 Å². The molecule has 312 valence electrons. The highest BCUT2D eigenvalue weighted by atomic mass is 32.1. The van der Waals surface area contributed by atoms with Crippen molar-refractivity contribution < 1.29 is 0 Å². The van der Waals surface area contributed by atoms with Gasteiger partial charge in [0.2, 0.25) is 0 Å². The molecule has 0 amide bonds. The Bertz CT molecular complexity index is 3570. The Morgan fingerprint density at radius 3 is 1.81 bits per heavy atom. The summed E-state index contributed by atoms with van der Waals surface area (Å²) in [5.74, 6) is 2.46. The lowest BCUT2D eigenvalue weighted by atomic mass is 9.72. The van der Waals surface area contributed by atoms with Crippen molar-refractivity contribution in [2.24, 2.45) is 5.92 Å². The molecular formula is C58H48N4S2. The van der Waals surface area contributed by atoms with Crippen LogP contribution in [0.15, 0.2) is 152 Å². The van der Waals surface area contributed by atoms with Crippen molar-refractivity contribution in [3.63, 3.8) is 0 Å². The number of nitrogens with zero attached hydrogens (tertiary/aromatic N) is 4. The number of rotatable bonds is 8. The molecule has 6 aromatic carbocycles. The highest BCUT2D eigenvalue weighted by molar-refractivity contribution is 7.26. The first-order valence-electron chi connectivity index (χ1n) is 22.5. The zero-order valence-electron chi connectivity index (χ0n) is 37.0. The minimum Gasteiger partial charge on any atom is -0.314 e. The first-order valence-corrected chi connectivity index (χ1v) is 24.2. The van der Waals surface area contributed by atoms with E-state index in [0.717, 1.165) is 40.6 Å². The second kappa shape index (κ2) is 15.0. The number of allylic oxidation sites excluding steroid dienone is 2. The molecule has 4 heterocycles. The van der Waals surface area contributed by atoms with Gasteiger partial charge in [0.05, 0.1) is 32.5 Å². The van der Waals surface area contributed by atoms with E-state index in [1.807, 2.05) is 35.1 Å². The molecule has 4 aromatic heterocycles. The van der Waals surface area contributed by atoms with Crippen LogP contribution in [0.25, 0.3) is 62.3 Å². The molecule has 0 N–H and O–H groups in total. The van der Waals surface area contributed by atoms with Crippen LogP contribution >= 0.6 is 22.7 Å². The van der Waals surface area contributed by atoms with Crippen molar-refractivity contribution in [1.82, 2.24) is 9.97 Å². The topological polar surface area (TPSA) is 32.3 Å². The predicted molar refractivity (Wildman–Crippen MR) is 277 cm³/mol. The molecule has 2 aliphatic rings. The Morgan fingerprint density at radius 2 is 1.19 bits per heavy atom. The predicted octanol–water partition coefficient (Wildman–Crippen LogP) is 16.8. The molecule has 0 aliphatic heterocycles. The van der Waals surface area contributed by atoms with Crippen LogP contribution in [0.1, 0.15) is 67.0 Å². The van der Waals surface area contributed by atoms with Gasteiger partial charge in [-0.15, -0.1) is 22.7 Å². The summed E-state index contributed by atoms with van der Waals surface area (Å²) in [6.07, 6.45) is 9.99. The van der Waals surface area contributed by atoms with Crippen molar-refractivity contribution >= 4 is 114 Å². The van der Waals surface area contributed by atoms with Crippen molar-refractivity contribution in [2.75, 3.05) is 9.80 Å². The van der Waals surface area contributed by atoms with Crippen LogP contribution in [0.2, 0.25) is 0 Å². The minimum absolute atomic E-state index is 0.0945. The molecule has 0 bridgehead atoms. The van der Waals surface area contributed by atoms with E-state index >= 15 is 0 Å². The molecule has 2 aliphatic carbocycles. The van der Waals surface area contributed by atoms with Gasteiger partial charge in [0.25, 0.3) is 0 Å². The summed E-state index contributed by atoms with van der Waals surface area (Å²) in [6.45, 7) is 13.7. The lowest BCUT2D eigenvalue weighted by Crippen LogP contribution is -2.35. The summed E-state index contributed by atoms with van der Waals surface area (Å²) >= 11 is 3.75. The molecular weight excluding hydrogens is 817 g/mol. The van der Waals surface area contributed by atoms with Crippen LogP contribution in [-0.2, 0) is 6.42 Å². The van der Waals surface area contributed by atoms with Crippen molar-refractivity contribution in [3.05, 3.63) is 185 Å². The van der Waals surface area contributed by atoms with Gasteiger partial charge in [-0.1, -0.05) is 125 Å². The van der Waals surface area contributed by atoms with E-state index in [2.05, 4.69) is 191 Å². The first-order chi connectivity index (χ1) is 31.2. The van der Waals surface area contributed by atoms with E-state index in [-0.39, 0.29) is 6.04 Å². The summed E-state index contributed by atoms with van der Waals surface area (Å²) < 4.78 is 5.14. The summed E-state index contributed by atoms with van der Waals surface area (Å²) in [6, 6.07) is 47.3. The van der Waals surface area contributed by atoms with Crippen LogP contribution in [0.5, 0.6) is 0 Å². The molecule has 0 radical (unpaired) electrons. The zero-order valence-corrected chi connectivity index (χ0v) is 38.6. The molecule has 0 saturated heterocycles. The van der Waals surface area contributed by atoms with Gasteiger partial charge in [-0.25, -0.2) is 9.97 Å². The van der Waals surface area contributed by atoms with Crippen LogP contribution in [0.4, 0.5) is 28.7 Å². The Labute approximate surface area is 382 Å². The lowest BCUT2D eigenvalue weighted by Gasteiger charge is -2.40. The maximum absolute atomic E-state index is 5.21. The Kier molecular flexibility index (Phi) is 9.15. The first kappa shape index (κ1) is 39.0. The highest BCUT2D eigenvalue weighted by Crippen LogP contribution is 2.54. The largest absolute Gasteiger partial charge is 0.314 e. The third-order valence-electron chi connectivity index (χ3n) is 13.5. The zero-order chi connectivity index (χ0) is 43.4. The summed E-state index contributed by atoms with van der Waals surface area (Å²) in [4.78, 5) is 15.4. The van der Waals surface area contributed by atoms with Crippen LogP contribution in [0.3, 0.4) is 0 Å². The second-order valence-corrected chi connectivity index (χ2v) is 20.3. The summed E-state index contributed by atoms with van der Waals surface area (Å²) in [5, 5.41) is 7.77. The van der Waals surface area contributed by atoms with Gasteiger partial charge < -0.3 is 4.90 Å². The molecule has 64 heavy (non-hydrogen) atoms.